The summed E-state index contributed by atoms with van der Waals surface area (Å²) >= 11 is 0. The van der Waals surface area contributed by atoms with Gasteiger partial charge < -0.3 is 10.3 Å². The van der Waals surface area contributed by atoms with E-state index in [1.54, 1.807) is 0 Å². The van der Waals surface area contributed by atoms with Crippen molar-refractivity contribution in [2.24, 2.45) is 12.8 Å². The molecule has 1 aromatic heterocycles. The fourth-order valence-corrected chi connectivity index (χ4v) is 2.25. The molecule has 0 bridgehead atoms. The topological polar surface area (TPSA) is 30.9 Å². The summed E-state index contributed by atoms with van der Waals surface area (Å²) in [7, 11) is 2.08. The minimum atomic E-state index is 0.172. The Morgan fingerprint density at radius 1 is 1.31 bits per heavy atom. The molecule has 0 aliphatic heterocycles. The minimum Gasteiger partial charge on any atom is -0.350 e. The van der Waals surface area contributed by atoms with E-state index in [4.69, 9.17) is 5.73 Å². The van der Waals surface area contributed by atoms with Crippen LogP contribution in [-0.2, 0) is 7.05 Å². The summed E-state index contributed by atoms with van der Waals surface area (Å²) in [5, 5.41) is 1.30. The van der Waals surface area contributed by atoms with Gasteiger partial charge in [0.2, 0.25) is 0 Å². The van der Waals surface area contributed by atoms with Gasteiger partial charge in [-0.1, -0.05) is 38.0 Å². The molecule has 86 valence electrons. The summed E-state index contributed by atoms with van der Waals surface area (Å²) in [6.07, 6.45) is 5.65. The number of nitrogens with two attached hydrogens (primary N) is 1. The van der Waals surface area contributed by atoms with Crippen molar-refractivity contribution in [3.63, 3.8) is 0 Å². The molecule has 2 N–H and O–H groups in total. The highest BCUT2D eigenvalue weighted by Gasteiger charge is 2.12. The van der Waals surface area contributed by atoms with Gasteiger partial charge in [-0.3, -0.25) is 0 Å². The summed E-state index contributed by atoms with van der Waals surface area (Å²) < 4.78 is 2.16. The number of aryl methyl sites for hydroxylation is 1. The van der Waals surface area contributed by atoms with E-state index < -0.39 is 0 Å². The Kier molecular flexibility index (Phi) is 3.30. The molecular weight excluding hydrogens is 196 g/mol. The number of hydrogen-bond donors (Lipinski definition) is 1. The van der Waals surface area contributed by atoms with Crippen LogP contribution < -0.4 is 5.73 Å². The van der Waals surface area contributed by atoms with Gasteiger partial charge in [-0.05, 0) is 18.1 Å². The van der Waals surface area contributed by atoms with Crippen LogP contribution in [0.15, 0.2) is 30.5 Å². The Bertz CT molecular complexity index is 471. The van der Waals surface area contributed by atoms with Crippen LogP contribution in [0.1, 0.15) is 37.8 Å². The maximum absolute atomic E-state index is 6.25. The molecule has 0 spiro atoms. The molecule has 0 unspecified atom stereocenters. The van der Waals surface area contributed by atoms with E-state index in [0.29, 0.717) is 0 Å². The largest absolute Gasteiger partial charge is 0.350 e. The molecule has 0 amide bonds. The molecule has 0 aliphatic carbocycles. The second-order valence-electron chi connectivity index (χ2n) is 4.46. The SMILES string of the molecule is CCCC[C@@H](N)c1cn(C)c2ccccc12. The first-order chi connectivity index (χ1) is 7.74. The first-order valence-electron chi connectivity index (χ1n) is 6.03. The molecule has 2 heteroatoms. The summed E-state index contributed by atoms with van der Waals surface area (Å²) in [6.45, 7) is 2.20. The number of fused-ring (bicyclic) bond motifs is 1. The van der Waals surface area contributed by atoms with Gasteiger partial charge >= 0.3 is 0 Å². The van der Waals surface area contributed by atoms with Crippen molar-refractivity contribution in [3.8, 4) is 0 Å². The van der Waals surface area contributed by atoms with Crippen molar-refractivity contribution >= 4 is 10.9 Å². The number of hydrogen-bond acceptors (Lipinski definition) is 1. The Labute approximate surface area is 97.1 Å². The Balaban J connectivity index is 2.37. The second-order valence-corrected chi connectivity index (χ2v) is 4.46. The maximum atomic E-state index is 6.25. The Morgan fingerprint density at radius 2 is 2.06 bits per heavy atom. The van der Waals surface area contributed by atoms with Crippen LogP contribution in [0.3, 0.4) is 0 Å². The van der Waals surface area contributed by atoms with Crippen LogP contribution in [-0.4, -0.2) is 4.57 Å². The van der Waals surface area contributed by atoms with Crippen molar-refractivity contribution in [3.05, 3.63) is 36.0 Å². The first-order valence-corrected chi connectivity index (χ1v) is 6.03. The lowest BCUT2D eigenvalue weighted by Crippen LogP contribution is -2.09. The lowest BCUT2D eigenvalue weighted by atomic mass is 10.0. The molecule has 2 rings (SSSR count). The predicted octanol–water partition coefficient (Wildman–Crippen LogP) is 3.37. The highest BCUT2D eigenvalue weighted by atomic mass is 14.9. The second kappa shape index (κ2) is 4.71. The van der Waals surface area contributed by atoms with Gasteiger partial charge in [-0.25, -0.2) is 0 Å². The lowest BCUT2D eigenvalue weighted by molar-refractivity contribution is 0.605. The first kappa shape index (κ1) is 11.2. The van der Waals surface area contributed by atoms with Crippen molar-refractivity contribution in [2.45, 2.75) is 32.2 Å². The quantitative estimate of drug-likeness (QED) is 0.834. The van der Waals surface area contributed by atoms with E-state index in [-0.39, 0.29) is 6.04 Å². The zero-order valence-corrected chi connectivity index (χ0v) is 10.1. The average Bonchev–Trinajstić information content (AvgIpc) is 2.65. The molecule has 0 radical (unpaired) electrons. The Hall–Kier alpha value is -1.28. The van der Waals surface area contributed by atoms with E-state index in [1.165, 1.54) is 29.3 Å². The van der Waals surface area contributed by atoms with E-state index in [1.807, 2.05) is 0 Å². The van der Waals surface area contributed by atoms with Gasteiger partial charge in [0.25, 0.3) is 0 Å². The van der Waals surface area contributed by atoms with E-state index >= 15 is 0 Å². The van der Waals surface area contributed by atoms with Crippen LogP contribution in [0.2, 0.25) is 0 Å². The Morgan fingerprint density at radius 3 is 2.81 bits per heavy atom. The number of benzene rings is 1. The fraction of sp³-hybridized carbons (Fsp3) is 0.429. The van der Waals surface area contributed by atoms with Gasteiger partial charge in [0, 0.05) is 30.2 Å². The molecule has 0 saturated carbocycles. The summed E-state index contributed by atoms with van der Waals surface area (Å²) in [5.74, 6) is 0. The molecule has 0 fully saturated rings. The molecule has 2 nitrogen and oxygen atoms in total. The van der Waals surface area contributed by atoms with Gasteiger partial charge in [0.05, 0.1) is 0 Å². The third-order valence-electron chi connectivity index (χ3n) is 3.20. The van der Waals surface area contributed by atoms with Crippen LogP contribution in [0, 0.1) is 0 Å². The van der Waals surface area contributed by atoms with Crippen LogP contribution in [0.5, 0.6) is 0 Å². The van der Waals surface area contributed by atoms with Gasteiger partial charge in [0.1, 0.15) is 0 Å². The maximum Gasteiger partial charge on any atom is 0.0481 e. The highest BCUT2D eigenvalue weighted by Crippen LogP contribution is 2.27. The molecule has 0 aliphatic rings. The summed E-state index contributed by atoms with van der Waals surface area (Å²) in [5.41, 5.74) is 8.80. The van der Waals surface area contributed by atoms with Crippen LogP contribution in [0.25, 0.3) is 10.9 Å². The van der Waals surface area contributed by atoms with Crippen molar-refractivity contribution in [2.75, 3.05) is 0 Å². The van der Waals surface area contributed by atoms with Crippen molar-refractivity contribution < 1.29 is 0 Å². The summed E-state index contributed by atoms with van der Waals surface area (Å²) in [4.78, 5) is 0. The fourth-order valence-electron chi connectivity index (χ4n) is 2.25. The lowest BCUT2D eigenvalue weighted by Gasteiger charge is -2.09. The zero-order valence-electron chi connectivity index (χ0n) is 10.1. The van der Waals surface area contributed by atoms with Gasteiger partial charge in [-0.15, -0.1) is 0 Å². The molecule has 1 aromatic carbocycles. The zero-order chi connectivity index (χ0) is 11.5. The summed E-state index contributed by atoms with van der Waals surface area (Å²) in [6, 6.07) is 8.63. The number of nitrogens with zero attached hydrogens (tertiary/aromatic N) is 1. The average molecular weight is 216 g/mol. The number of rotatable bonds is 4. The van der Waals surface area contributed by atoms with Crippen molar-refractivity contribution in [1.29, 1.82) is 0 Å². The monoisotopic (exact) mass is 216 g/mol. The number of aromatic nitrogens is 1. The van der Waals surface area contributed by atoms with Gasteiger partial charge in [0.15, 0.2) is 0 Å². The normalized spacial score (nSPS) is 13.2. The third-order valence-corrected chi connectivity index (χ3v) is 3.20. The molecule has 0 saturated heterocycles. The number of para-hydroxylation sites is 1. The van der Waals surface area contributed by atoms with Crippen LogP contribution >= 0.6 is 0 Å². The molecular formula is C14H20N2. The van der Waals surface area contributed by atoms with Crippen LogP contribution in [0.4, 0.5) is 0 Å². The van der Waals surface area contributed by atoms with E-state index in [0.717, 1.165) is 6.42 Å². The standard InChI is InChI=1S/C14H20N2/c1-3-4-8-13(15)12-10-16(2)14-9-6-5-7-11(12)14/h5-7,9-10,13H,3-4,8,15H2,1-2H3/t13-/m1/s1. The molecule has 16 heavy (non-hydrogen) atoms. The highest BCUT2D eigenvalue weighted by molar-refractivity contribution is 5.84. The van der Waals surface area contributed by atoms with E-state index in [2.05, 4.69) is 49.0 Å². The molecule has 1 heterocycles. The van der Waals surface area contributed by atoms with E-state index in [9.17, 15) is 0 Å². The molecule has 1 atom stereocenters. The third kappa shape index (κ3) is 1.98. The number of unbranched alkanes of at least 4 members (excludes halogenated alkanes) is 1. The smallest absolute Gasteiger partial charge is 0.0481 e. The van der Waals surface area contributed by atoms with Gasteiger partial charge in [-0.2, -0.15) is 0 Å². The molecule has 2 aromatic rings. The minimum absolute atomic E-state index is 0.172. The predicted molar refractivity (Wildman–Crippen MR) is 69.4 cm³/mol. The van der Waals surface area contributed by atoms with Crippen molar-refractivity contribution in [1.82, 2.24) is 4.57 Å².